The summed E-state index contributed by atoms with van der Waals surface area (Å²) in [4.78, 5) is 13.3. The molecule has 5 nitrogen and oxygen atoms in total. The number of hydrogen-bond acceptors (Lipinski definition) is 2. The van der Waals surface area contributed by atoms with Crippen molar-refractivity contribution in [2.75, 3.05) is 0 Å². The van der Waals surface area contributed by atoms with Crippen LogP contribution in [-0.4, -0.2) is 20.2 Å². The SMILES string of the molecule is O=C(NO)C(n1c2ccccc2c2ccccc21)n1c2ccccc2c2ccccc21. The largest absolute Gasteiger partial charge is 0.311 e. The number of nitrogens with zero attached hydrogens (tertiary/aromatic N) is 2. The van der Waals surface area contributed by atoms with E-state index in [0.717, 1.165) is 43.6 Å². The van der Waals surface area contributed by atoms with Crippen molar-refractivity contribution in [1.82, 2.24) is 14.6 Å². The van der Waals surface area contributed by atoms with Crippen LogP contribution in [0.2, 0.25) is 0 Å². The highest BCUT2D eigenvalue weighted by atomic mass is 16.5. The monoisotopic (exact) mass is 405 g/mol. The van der Waals surface area contributed by atoms with E-state index in [9.17, 15) is 10.0 Å². The van der Waals surface area contributed by atoms with E-state index in [1.165, 1.54) is 0 Å². The van der Waals surface area contributed by atoms with E-state index >= 15 is 0 Å². The topological polar surface area (TPSA) is 59.2 Å². The van der Waals surface area contributed by atoms with Crippen molar-refractivity contribution in [2.24, 2.45) is 0 Å². The van der Waals surface area contributed by atoms with Gasteiger partial charge >= 0.3 is 0 Å². The van der Waals surface area contributed by atoms with Gasteiger partial charge in [-0.3, -0.25) is 10.0 Å². The minimum absolute atomic E-state index is 0.502. The number of hydroxylamine groups is 1. The highest BCUT2D eigenvalue weighted by molar-refractivity contribution is 6.11. The van der Waals surface area contributed by atoms with Gasteiger partial charge in [0.1, 0.15) is 0 Å². The Morgan fingerprint density at radius 1 is 0.581 bits per heavy atom. The van der Waals surface area contributed by atoms with Crippen molar-refractivity contribution in [2.45, 2.75) is 6.17 Å². The fourth-order valence-corrected chi connectivity index (χ4v) is 4.84. The summed E-state index contributed by atoms with van der Waals surface area (Å²) in [6.07, 6.45) is -0.820. The van der Waals surface area contributed by atoms with Gasteiger partial charge in [0.2, 0.25) is 0 Å². The van der Waals surface area contributed by atoms with Crippen LogP contribution in [0.15, 0.2) is 97.1 Å². The van der Waals surface area contributed by atoms with Gasteiger partial charge in [-0.1, -0.05) is 72.8 Å². The number of benzene rings is 4. The molecule has 0 fully saturated rings. The van der Waals surface area contributed by atoms with E-state index in [1.54, 1.807) is 0 Å². The molecule has 0 unspecified atom stereocenters. The van der Waals surface area contributed by atoms with Crippen LogP contribution in [0.25, 0.3) is 43.6 Å². The second kappa shape index (κ2) is 6.72. The van der Waals surface area contributed by atoms with Crippen LogP contribution >= 0.6 is 0 Å². The molecule has 0 spiro atoms. The molecule has 4 aromatic carbocycles. The number of aromatic nitrogens is 2. The summed E-state index contributed by atoms with van der Waals surface area (Å²) in [5.74, 6) is -0.502. The van der Waals surface area contributed by atoms with Crippen molar-refractivity contribution in [3.05, 3.63) is 97.1 Å². The fraction of sp³-hybridized carbons (Fsp3) is 0.0385. The maximum atomic E-state index is 13.3. The third kappa shape index (κ3) is 2.44. The van der Waals surface area contributed by atoms with Crippen LogP contribution in [0.4, 0.5) is 0 Å². The van der Waals surface area contributed by atoms with Crippen LogP contribution in [0, 0.1) is 0 Å². The summed E-state index contributed by atoms with van der Waals surface area (Å²) in [5, 5.41) is 14.0. The fourth-order valence-electron chi connectivity index (χ4n) is 4.84. The van der Waals surface area contributed by atoms with Gasteiger partial charge in [0.05, 0.1) is 22.1 Å². The minimum atomic E-state index is -0.820. The molecule has 1 amide bonds. The Labute approximate surface area is 177 Å². The molecule has 2 N–H and O–H groups in total. The molecule has 0 aliphatic heterocycles. The van der Waals surface area contributed by atoms with Crippen molar-refractivity contribution in [3.63, 3.8) is 0 Å². The first kappa shape index (κ1) is 17.7. The first-order chi connectivity index (χ1) is 15.3. The number of rotatable bonds is 3. The molecule has 0 radical (unpaired) electrons. The molecule has 6 aromatic rings. The van der Waals surface area contributed by atoms with Crippen LogP contribution in [0.3, 0.4) is 0 Å². The van der Waals surface area contributed by atoms with Crippen LogP contribution in [-0.2, 0) is 4.79 Å². The smallest absolute Gasteiger partial charge is 0.287 e. The van der Waals surface area contributed by atoms with Gasteiger partial charge in [-0.05, 0) is 24.3 Å². The summed E-state index contributed by atoms with van der Waals surface area (Å²) < 4.78 is 4.02. The number of amides is 1. The molecule has 2 aromatic heterocycles. The Morgan fingerprint density at radius 3 is 1.16 bits per heavy atom. The van der Waals surface area contributed by atoms with Gasteiger partial charge in [-0.25, -0.2) is 5.48 Å². The summed E-state index contributed by atoms with van der Waals surface area (Å²) in [6, 6.07) is 32.2. The Balaban J connectivity index is 1.81. The van der Waals surface area contributed by atoms with E-state index < -0.39 is 12.1 Å². The number of carbonyl (C=O) groups excluding carboxylic acids is 1. The van der Waals surface area contributed by atoms with Gasteiger partial charge in [0.25, 0.3) is 5.91 Å². The lowest BCUT2D eigenvalue weighted by Gasteiger charge is -2.23. The van der Waals surface area contributed by atoms with Gasteiger partial charge in [-0.2, -0.15) is 0 Å². The number of fused-ring (bicyclic) bond motifs is 6. The highest BCUT2D eigenvalue weighted by Gasteiger charge is 2.29. The third-order valence-electron chi connectivity index (χ3n) is 6.07. The Morgan fingerprint density at radius 2 is 0.871 bits per heavy atom. The Bertz CT molecular complexity index is 1390. The summed E-state index contributed by atoms with van der Waals surface area (Å²) in [5.41, 5.74) is 5.64. The molecule has 6 rings (SSSR count). The predicted molar refractivity (Wildman–Crippen MR) is 123 cm³/mol. The van der Waals surface area contributed by atoms with E-state index in [4.69, 9.17) is 0 Å². The number of carbonyl (C=O) groups is 1. The molecular formula is C26H19N3O2. The zero-order valence-corrected chi connectivity index (χ0v) is 16.6. The lowest BCUT2D eigenvalue weighted by molar-refractivity contribution is -0.133. The van der Waals surface area contributed by atoms with Crippen molar-refractivity contribution in [1.29, 1.82) is 0 Å². The van der Waals surface area contributed by atoms with Gasteiger partial charge in [0, 0.05) is 21.5 Å². The molecule has 0 aliphatic rings. The van der Waals surface area contributed by atoms with Gasteiger partial charge in [0.15, 0.2) is 6.17 Å². The third-order valence-corrected chi connectivity index (χ3v) is 6.07. The van der Waals surface area contributed by atoms with Crippen molar-refractivity contribution in [3.8, 4) is 0 Å². The number of hydrogen-bond donors (Lipinski definition) is 2. The molecule has 0 aliphatic carbocycles. The van der Waals surface area contributed by atoms with Crippen molar-refractivity contribution >= 4 is 49.5 Å². The van der Waals surface area contributed by atoms with Crippen LogP contribution < -0.4 is 5.48 Å². The highest BCUT2D eigenvalue weighted by Crippen LogP contribution is 2.37. The zero-order chi connectivity index (χ0) is 20.9. The lowest BCUT2D eigenvalue weighted by atomic mass is 10.2. The average molecular weight is 405 g/mol. The molecule has 0 saturated heterocycles. The number of nitrogens with one attached hydrogen (secondary N) is 1. The molecule has 5 heteroatoms. The van der Waals surface area contributed by atoms with E-state index in [0.29, 0.717) is 0 Å². The van der Waals surface area contributed by atoms with Crippen LogP contribution in [0.5, 0.6) is 0 Å². The number of para-hydroxylation sites is 4. The molecule has 0 saturated carbocycles. The van der Waals surface area contributed by atoms with Gasteiger partial charge < -0.3 is 9.13 Å². The Hall–Kier alpha value is -4.09. The summed E-state index contributed by atoms with van der Waals surface area (Å²) in [7, 11) is 0. The van der Waals surface area contributed by atoms with Gasteiger partial charge in [-0.15, -0.1) is 0 Å². The quantitative estimate of drug-likeness (QED) is 0.304. The molecular weight excluding hydrogens is 386 g/mol. The molecule has 150 valence electrons. The molecule has 0 atom stereocenters. The minimum Gasteiger partial charge on any atom is -0.311 e. The van der Waals surface area contributed by atoms with Crippen LogP contribution in [0.1, 0.15) is 6.17 Å². The van der Waals surface area contributed by atoms with Crippen molar-refractivity contribution < 1.29 is 10.0 Å². The second-order valence-electron chi connectivity index (χ2n) is 7.66. The molecule has 31 heavy (non-hydrogen) atoms. The van der Waals surface area contributed by atoms with E-state index in [-0.39, 0.29) is 0 Å². The summed E-state index contributed by atoms with van der Waals surface area (Å²) >= 11 is 0. The first-order valence-electron chi connectivity index (χ1n) is 10.2. The summed E-state index contributed by atoms with van der Waals surface area (Å²) in [6.45, 7) is 0. The maximum absolute atomic E-state index is 13.3. The maximum Gasteiger partial charge on any atom is 0.287 e. The average Bonchev–Trinajstić information content (AvgIpc) is 3.34. The zero-order valence-electron chi connectivity index (χ0n) is 16.6. The van der Waals surface area contributed by atoms with E-state index in [1.807, 2.05) is 87.4 Å². The predicted octanol–water partition coefficient (Wildman–Crippen LogP) is 5.45. The first-order valence-corrected chi connectivity index (χ1v) is 10.2. The molecule has 0 bridgehead atoms. The van der Waals surface area contributed by atoms with E-state index in [2.05, 4.69) is 24.3 Å². The normalized spacial score (nSPS) is 11.8. The standard InChI is InChI=1S/C26H19N3O2/c30-25(27-31)26(28-21-13-5-1-9-17(21)18-10-2-6-14-22(18)28)29-23-15-7-3-11-19(23)20-12-4-8-16-24(20)29/h1-16,26,31H,(H,27,30). The molecule has 2 heterocycles. The Kier molecular flexibility index (Phi) is 3.85. The lowest BCUT2D eigenvalue weighted by Crippen LogP contribution is -2.34. The second-order valence-corrected chi connectivity index (χ2v) is 7.66.